The van der Waals surface area contributed by atoms with E-state index in [0.717, 1.165) is 6.42 Å². The SMILES string of the molecule is CCCOCCC(=O)NP(P(P)PP)P(P(P)P)P(P)PC(=O)[O-]. The molecule has 1 amide bonds. The third kappa shape index (κ3) is 12.6. The van der Waals surface area contributed by atoms with Crippen LogP contribution in [0.1, 0.15) is 19.8 Å². The number of hydrogen-bond acceptors (Lipinski definition) is 4. The predicted molar refractivity (Wildman–Crippen MR) is 139 cm³/mol. The maximum atomic E-state index is 12.3. The van der Waals surface area contributed by atoms with Gasteiger partial charge in [0.1, 0.15) is 0 Å². The highest BCUT2D eigenvalue weighted by atomic mass is 33.2. The van der Waals surface area contributed by atoms with E-state index in [2.05, 4.69) is 49.7 Å². The van der Waals surface area contributed by atoms with E-state index in [1.807, 2.05) is 6.92 Å². The Bertz CT molecular complexity index is 388. The van der Waals surface area contributed by atoms with E-state index in [0.29, 0.717) is 27.6 Å². The second kappa shape index (κ2) is 16.8. The average Bonchev–Trinajstić information content (AvgIpc) is 2.49. The maximum absolute atomic E-state index is 12.3. The third-order valence-electron chi connectivity index (χ3n) is 2.16. The van der Waals surface area contributed by atoms with Crippen molar-refractivity contribution in [3.63, 3.8) is 0 Å². The zero-order valence-electron chi connectivity index (χ0n) is 13.1. The second-order valence-corrected chi connectivity index (χ2v) is 47.6. The Labute approximate surface area is 165 Å². The Hall–Kier alpha value is 4.06. The Kier molecular flexibility index (Phi) is 19.7. The monoisotopic (exact) mass is 558 g/mol. The van der Waals surface area contributed by atoms with Gasteiger partial charge in [-0.15, -0.1) is 44.6 Å². The lowest BCUT2D eigenvalue weighted by atomic mass is 10.4. The third-order valence-corrected chi connectivity index (χ3v) is 68.7. The molecule has 11 atom stereocenters. The Morgan fingerprint density at radius 1 is 1.17 bits per heavy atom. The summed E-state index contributed by atoms with van der Waals surface area (Å²) in [4.78, 5) is 23.3. The van der Waals surface area contributed by atoms with Gasteiger partial charge in [-0.25, -0.2) is 0 Å². The van der Waals surface area contributed by atoms with Gasteiger partial charge in [-0.3, -0.25) is 4.79 Å². The standard InChI is InChI=1S/C7H25NO4P12/c1-2-4-12-5-3-6(9)8-20(23(17)19-13)24(21(14)15)22(16)18-7(10)11/h18-19H,2-5,13-17H2,1H3,(H,8,9)(H,10,11)/p-1. The van der Waals surface area contributed by atoms with Gasteiger partial charge in [-0.1, -0.05) is 14.9 Å². The van der Waals surface area contributed by atoms with Crippen LogP contribution in [0.3, 0.4) is 0 Å². The quantitative estimate of drug-likeness (QED) is 0.210. The van der Waals surface area contributed by atoms with E-state index in [4.69, 9.17) is 4.74 Å². The summed E-state index contributed by atoms with van der Waals surface area (Å²) in [5.41, 5.74) is -0.980. The molecular weight excluding hydrogens is 534 g/mol. The number of amides is 1. The number of hydrogen-bond donors (Lipinski definition) is 1. The molecule has 17 heteroatoms. The molecule has 0 aliphatic carbocycles. The molecule has 0 fully saturated rings. The summed E-state index contributed by atoms with van der Waals surface area (Å²) in [6, 6.07) is 0. The van der Waals surface area contributed by atoms with Crippen molar-refractivity contribution in [3.8, 4) is 0 Å². The zero-order valence-corrected chi connectivity index (χ0v) is 25.3. The van der Waals surface area contributed by atoms with Crippen LogP contribution < -0.4 is 10.2 Å². The Balaban J connectivity index is 4.98. The lowest BCUT2D eigenvalue weighted by Gasteiger charge is -2.37. The van der Waals surface area contributed by atoms with Gasteiger partial charge in [0, 0.05) is 13.6 Å². The van der Waals surface area contributed by atoms with E-state index in [9.17, 15) is 14.7 Å². The number of ether oxygens (including phenoxy) is 1. The number of carbonyl (C=O) groups excluding carboxylic acids is 2. The number of nitrogens with one attached hydrogen (secondary N) is 1. The summed E-state index contributed by atoms with van der Waals surface area (Å²) in [6.07, 6.45) is 1.30. The van der Waals surface area contributed by atoms with Crippen molar-refractivity contribution in [2.75, 3.05) is 13.2 Å². The molecule has 0 aromatic rings. The first-order valence-electron chi connectivity index (χ1n) is 6.54. The van der Waals surface area contributed by atoms with Gasteiger partial charge < -0.3 is 19.7 Å². The zero-order chi connectivity index (χ0) is 18.7. The number of rotatable bonds is 13. The van der Waals surface area contributed by atoms with Crippen molar-refractivity contribution in [1.82, 2.24) is 5.09 Å². The maximum Gasteiger partial charge on any atom is 0.226 e. The summed E-state index contributed by atoms with van der Waals surface area (Å²) in [5, 5.41) is 14.3. The molecule has 142 valence electrons. The lowest BCUT2D eigenvalue weighted by Crippen LogP contribution is -2.18. The average molecular weight is 558 g/mol. The molecule has 0 heterocycles. The molecule has 0 rings (SSSR count). The van der Waals surface area contributed by atoms with Crippen LogP contribution in [-0.4, -0.2) is 24.8 Å². The van der Waals surface area contributed by atoms with Gasteiger partial charge in [0.25, 0.3) is 0 Å². The van der Waals surface area contributed by atoms with E-state index in [1.165, 1.54) is 0 Å². The lowest BCUT2D eigenvalue weighted by molar-refractivity contribution is -0.232. The molecule has 0 aliphatic rings. The fourth-order valence-corrected chi connectivity index (χ4v) is 96.8. The summed E-state index contributed by atoms with van der Waals surface area (Å²) >= 11 is 0. The van der Waals surface area contributed by atoms with E-state index in [-0.39, 0.29) is 14.2 Å². The minimum Gasteiger partial charge on any atom is -0.545 e. The van der Waals surface area contributed by atoms with Crippen molar-refractivity contribution in [3.05, 3.63) is 0 Å². The molecule has 0 aromatic heterocycles. The molecule has 0 radical (unpaired) electrons. The van der Waals surface area contributed by atoms with Crippen LogP contribution in [0.4, 0.5) is 4.79 Å². The first-order valence-corrected chi connectivity index (χ1v) is 28.0. The van der Waals surface area contributed by atoms with E-state index >= 15 is 0 Å². The molecule has 1 N–H and O–H groups in total. The highest BCUT2D eigenvalue weighted by Gasteiger charge is 2.34. The van der Waals surface area contributed by atoms with Gasteiger partial charge in [-0.2, -0.15) is 0 Å². The van der Waals surface area contributed by atoms with Crippen molar-refractivity contribution >= 4 is 108 Å². The molecule has 0 spiro atoms. The van der Waals surface area contributed by atoms with Crippen LogP contribution in [0.25, 0.3) is 0 Å². The van der Waals surface area contributed by atoms with Crippen LogP contribution in [0.15, 0.2) is 0 Å². The molecule has 0 aromatic carbocycles. The first-order chi connectivity index (χ1) is 11.2. The molecule has 24 heavy (non-hydrogen) atoms. The van der Waals surface area contributed by atoms with Gasteiger partial charge >= 0.3 is 0 Å². The largest absolute Gasteiger partial charge is 0.545 e. The summed E-state index contributed by atoms with van der Waals surface area (Å²) in [5.74, 6) is 0.0138. The number of carboxylic acid groups (broad SMARTS) is 1. The highest BCUT2D eigenvalue weighted by molar-refractivity contribution is 9.18. The van der Waals surface area contributed by atoms with Crippen LogP contribution in [0.5, 0.6) is 0 Å². The van der Waals surface area contributed by atoms with Gasteiger partial charge in [0.2, 0.25) is 5.91 Å². The fraction of sp³-hybridized carbons (Fsp3) is 0.714. The molecule has 5 nitrogen and oxygen atoms in total. The minimum absolute atomic E-state index is 0.0138. The predicted octanol–water partition coefficient (Wildman–Crippen LogP) is 6.38. The van der Waals surface area contributed by atoms with Gasteiger partial charge in [0.15, 0.2) is 0 Å². The summed E-state index contributed by atoms with van der Waals surface area (Å²) in [7, 11) is 13.8. The van der Waals surface area contributed by atoms with Crippen LogP contribution in [0.2, 0.25) is 0 Å². The Morgan fingerprint density at radius 2 is 1.79 bits per heavy atom. The molecule has 11 unspecified atom stereocenters. The molecule has 0 aliphatic heterocycles. The molecular formula is C7H24NO4P12-. The van der Waals surface area contributed by atoms with Crippen LogP contribution >= 0.6 is 96.3 Å². The van der Waals surface area contributed by atoms with Crippen molar-refractivity contribution in [1.29, 1.82) is 0 Å². The van der Waals surface area contributed by atoms with E-state index in [1.54, 1.807) is 0 Å². The van der Waals surface area contributed by atoms with E-state index < -0.39 is 41.1 Å². The van der Waals surface area contributed by atoms with Crippen molar-refractivity contribution < 1.29 is 19.4 Å². The van der Waals surface area contributed by atoms with Crippen molar-refractivity contribution in [2.45, 2.75) is 19.8 Å². The minimum atomic E-state index is -0.980. The smallest absolute Gasteiger partial charge is 0.226 e. The first kappa shape index (κ1) is 28.1. The molecule has 0 saturated heterocycles. The second-order valence-electron chi connectivity index (χ2n) is 4.05. The fourth-order valence-electron chi connectivity index (χ4n) is 1.26. The van der Waals surface area contributed by atoms with Gasteiger partial charge in [0.05, 0.1) is 26.2 Å². The Morgan fingerprint density at radius 3 is 2.25 bits per heavy atom. The summed E-state index contributed by atoms with van der Waals surface area (Å²) in [6.45, 7) is 0.964. The highest BCUT2D eigenvalue weighted by Crippen LogP contribution is 3.15. The number of carbonyl (C=O) groups is 2. The normalized spacial score (nSPS) is 17.5. The molecule has 0 saturated carbocycles. The topological polar surface area (TPSA) is 78.5 Å². The van der Waals surface area contributed by atoms with Crippen LogP contribution in [-0.2, 0) is 9.53 Å². The van der Waals surface area contributed by atoms with Crippen molar-refractivity contribution in [2.24, 2.45) is 0 Å². The van der Waals surface area contributed by atoms with Crippen LogP contribution in [0, 0.1) is 0 Å². The molecule has 0 bridgehead atoms. The summed E-state index contributed by atoms with van der Waals surface area (Å²) < 4.78 is 5.39. The van der Waals surface area contributed by atoms with Gasteiger partial charge in [-0.05, 0) is 35.7 Å².